The maximum Gasteiger partial charge on any atom is 0.255 e. The van der Waals surface area contributed by atoms with E-state index in [1.54, 1.807) is 6.07 Å². The number of carbonyl (C=O) groups excluding carboxylic acids is 1. The molecule has 1 aromatic carbocycles. The van der Waals surface area contributed by atoms with Gasteiger partial charge in [-0.1, -0.05) is 12.1 Å². The normalized spacial score (nSPS) is 15.2. The van der Waals surface area contributed by atoms with E-state index in [4.69, 9.17) is 20.2 Å². The number of hydrogen-bond acceptors (Lipinski definition) is 4. The summed E-state index contributed by atoms with van der Waals surface area (Å²) in [6, 6.07) is 7.57. The molecular formula is C19H31IN4O3. The summed E-state index contributed by atoms with van der Waals surface area (Å²) in [5.41, 5.74) is 6.13. The third-order valence-corrected chi connectivity index (χ3v) is 4.17. The van der Waals surface area contributed by atoms with Crippen LogP contribution in [0.3, 0.4) is 0 Å². The summed E-state index contributed by atoms with van der Waals surface area (Å²) >= 11 is 0. The van der Waals surface area contributed by atoms with Crippen molar-refractivity contribution >= 4 is 35.8 Å². The Morgan fingerprint density at radius 2 is 2.07 bits per heavy atom. The molecule has 2 rings (SSSR count). The van der Waals surface area contributed by atoms with Gasteiger partial charge in [-0.2, -0.15) is 0 Å². The maximum absolute atomic E-state index is 10.8. The first kappa shape index (κ1) is 23.5. The molecule has 0 spiro atoms. The van der Waals surface area contributed by atoms with E-state index in [0.29, 0.717) is 18.4 Å². The summed E-state index contributed by atoms with van der Waals surface area (Å²) in [7, 11) is 0. The topological polar surface area (TPSA) is 89.2 Å². The van der Waals surface area contributed by atoms with Crippen LogP contribution in [0.1, 0.15) is 32.3 Å². The van der Waals surface area contributed by atoms with Crippen LogP contribution in [0, 0.1) is 0 Å². The molecule has 0 aromatic heterocycles. The van der Waals surface area contributed by atoms with Crippen LogP contribution in [0.2, 0.25) is 0 Å². The predicted octanol–water partition coefficient (Wildman–Crippen LogP) is 2.14. The summed E-state index contributed by atoms with van der Waals surface area (Å²) in [4.78, 5) is 17.9. The highest BCUT2D eigenvalue weighted by Crippen LogP contribution is 2.16. The van der Waals surface area contributed by atoms with Gasteiger partial charge < -0.3 is 25.4 Å². The molecule has 0 aliphatic carbocycles. The molecule has 1 amide bonds. The highest BCUT2D eigenvalue weighted by Gasteiger charge is 2.21. The summed E-state index contributed by atoms with van der Waals surface area (Å²) < 4.78 is 11.1. The molecule has 0 radical (unpaired) electrons. The van der Waals surface area contributed by atoms with Crippen molar-refractivity contribution in [2.75, 3.05) is 32.8 Å². The Bertz CT molecular complexity index is 604. The number of ether oxygens (including phenoxy) is 2. The first-order chi connectivity index (χ1) is 12.6. The fourth-order valence-corrected chi connectivity index (χ4v) is 2.95. The van der Waals surface area contributed by atoms with Crippen LogP contribution in [0.25, 0.3) is 0 Å². The van der Waals surface area contributed by atoms with E-state index in [2.05, 4.69) is 17.1 Å². The highest BCUT2D eigenvalue weighted by atomic mass is 127. The number of benzene rings is 1. The summed E-state index contributed by atoms with van der Waals surface area (Å²) in [5.74, 6) is 1.06. The lowest BCUT2D eigenvalue weighted by atomic mass is 10.1. The highest BCUT2D eigenvalue weighted by molar-refractivity contribution is 14.0. The maximum atomic E-state index is 10.8. The number of halogens is 1. The van der Waals surface area contributed by atoms with E-state index in [-0.39, 0.29) is 30.6 Å². The van der Waals surface area contributed by atoms with Gasteiger partial charge in [0.05, 0.1) is 12.6 Å². The van der Waals surface area contributed by atoms with Crippen molar-refractivity contribution in [3.05, 3.63) is 29.8 Å². The monoisotopic (exact) mass is 490 g/mol. The lowest BCUT2D eigenvalue weighted by Gasteiger charge is -2.34. The minimum Gasteiger partial charge on any atom is -0.484 e. The molecule has 1 aliphatic rings. The van der Waals surface area contributed by atoms with E-state index in [0.717, 1.165) is 50.6 Å². The molecule has 152 valence electrons. The Morgan fingerprint density at radius 3 is 2.70 bits per heavy atom. The zero-order valence-electron chi connectivity index (χ0n) is 16.1. The molecular weight excluding hydrogens is 459 g/mol. The van der Waals surface area contributed by atoms with E-state index in [9.17, 15) is 4.79 Å². The number of guanidine groups is 1. The van der Waals surface area contributed by atoms with Crippen LogP contribution >= 0.6 is 24.0 Å². The number of nitrogens with zero attached hydrogens (tertiary/aromatic N) is 2. The van der Waals surface area contributed by atoms with Crippen molar-refractivity contribution < 1.29 is 14.3 Å². The van der Waals surface area contributed by atoms with E-state index in [1.165, 1.54) is 0 Å². The van der Waals surface area contributed by atoms with Crippen molar-refractivity contribution in [2.45, 2.75) is 39.3 Å². The number of piperidine rings is 1. The zero-order chi connectivity index (χ0) is 18.8. The molecule has 0 unspecified atom stereocenters. The van der Waals surface area contributed by atoms with Crippen LogP contribution < -0.4 is 15.8 Å². The number of rotatable bonds is 8. The smallest absolute Gasteiger partial charge is 0.255 e. The van der Waals surface area contributed by atoms with Crippen molar-refractivity contribution in [3.63, 3.8) is 0 Å². The summed E-state index contributed by atoms with van der Waals surface area (Å²) in [5, 5.41) is 3.37. The number of carbonyl (C=O) groups is 1. The van der Waals surface area contributed by atoms with Gasteiger partial charge in [0, 0.05) is 26.2 Å². The average Bonchev–Trinajstić information content (AvgIpc) is 2.65. The first-order valence-electron chi connectivity index (χ1n) is 9.27. The van der Waals surface area contributed by atoms with Crippen molar-refractivity contribution in [1.82, 2.24) is 10.2 Å². The molecule has 1 saturated heterocycles. The minimum absolute atomic E-state index is 0. The van der Waals surface area contributed by atoms with Crippen molar-refractivity contribution in [1.29, 1.82) is 0 Å². The molecule has 0 saturated carbocycles. The second-order valence-corrected chi connectivity index (χ2v) is 6.21. The van der Waals surface area contributed by atoms with Gasteiger partial charge in [0.2, 0.25) is 0 Å². The van der Waals surface area contributed by atoms with Gasteiger partial charge in [-0.05, 0) is 44.4 Å². The number of nitrogens with one attached hydrogen (secondary N) is 1. The number of nitrogens with two attached hydrogens (primary N) is 1. The SMILES string of the molecule is CCNC(=NCc1cccc(OCC(N)=O)c1)N1CCC(OCC)CC1.I. The number of hydrogen-bond donors (Lipinski definition) is 2. The van der Waals surface area contributed by atoms with Crippen LogP contribution in [0.4, 0.5) is 0 Å². The third-order valence-electron chi connectivity index (χ3n) is 4.17. The number of primary amides is 1. The van der Waals surface area contributed by atoms with Crippen LogP contribution in [-0.2, 0) is 16.1 Å². The molecule has 27 heavy (non-hydrogen) atoms. The minimum atomic E-state index is -0.488. The van der Waals surface area contributed by atoms with Gasteiger partial charge in [0.25, 0.3) is 5.91 Å². The van der Waals surface area contributed by atoms with Gasteiger partial charge in [-0.3, -0.25) is 4.79 Å². The number of likely N-dealkylation sites (tertiary alicyclic amines) is 1. The lowest BCUT2D eigenvalue weighted by molar-refractivity contribution is -0.119. The lowest BCUT2D eigenvalue weighted by Crippen LogP contribution is -2.47. The fraction of sp³-hybridized carbons (Fsp3) is 0.579. The molecule has 1 aliphatic heterocycles. The van der Waals surface area contributed by atoms with E-state index in [1.807, 2.05) is 25.1 Å². The molecule has 8 heteroatoms. The Kier molecular flexibility index (Phi) is 11.1. The van der Waals surface area contributed by atoms with Crippen LogP contribution in [0.15, 0.2) is 29.3 Å². The number of amides is 1. The summed E-state index contributed by atoms with van der Waals surface area (Å²) in [6.07, 6.45) is 2.40. The molecule has 0 atom stereocenters. The third kappa shape index (κ3) is 8.34. The standard InChI is InChI=1S/C19H30N4O3.HI/c1-3-21-19(23-10-8-16(9-11-23)25-4-2)22-13-15-6-5-7-17(12-15)26-14-18(20)24;/h5-7,12,16H,3-4,8-11,13-14H2,1-2H3,(H2,20,24)(H,21,22);1H. The Labute approximate surface area is 178 Å². The Balaban J connectivity index is 0.00000364. The van der Waals surface area contributed by atoms with Gasteiger partial charge >= 0.3 is 0 Å². The predicted molar refractivity (Wildman–Crippen MR) is 118 cm³/mol. The molecule has 0 bridgehead atoms. The van der Waals surface area contributed by atoms with E-state index >= 15 is 0 Å². The number of aliphatic imine (C=N–C) groups is 1. The Hall–Kier alpha value is -1.55. The zero-order valence-corrected chi connectivity index (χ0v) is 18.5. The molecule has 1 heterocycles. The van der Waals surface area contributed by atoms with E-state index < -0.39 is 5.91 Å². The Morgan fingerprint density at radius 1 is 1.33 bits per heavy atom. The summed E-state index contributed by atoms with van der Waals surface area (Å²) in [6.45, 7) is 8.01. The van der Waals surface area contributed by atoms with Crippen LogP contribution in [-0.4, -0.2) is 55.7 Å². The first-order valence-corrected chi connectivity index (χ1v) is 9.27. The fourth-order valence-electron chi connectivity index (χ4n) is 2.95. The second kappa shape index (κ2) is 12.8. The van der Waals surface area contributed by atoms with Crippen molar-refractivity contribution in [3.8, 4) is 5.75 Å². The quantitative estimate of drug-likeness (QED) is 0.331. The van der Waals surface area contributed by atoms with Gasteiger partial charge in [-0.15, -0.1) is 24.0 Å². The molecule has 7 nitrogen and oxygen atoms in total. The second-order valence-electron chi connectivity index (χ2n) is 6.21. The van der Waals surface area contributed by atoms with Crippen molar-refractivity contribution in [2.24, 2.45) is 10.7 Å². The molecule has 3 N–H and O–H groups in total. The van der Waals surface area contributed by atoms with Gasteiger partial charge in [0.1, 0.15) is 5.75 Å². The molecule has 1 fully saturated rings. The largest absolute Gasteiger partial charge is 0.484 e. The van der Waals surface area contributed by atoms with Gasteiger partial charge in [0.15, 0.2) is 12.6 Å². The molecule has 1 aromatic rings. The van der Waals surface area contributed by atoms with Gasteiger partial charge in [-0.25, -0.2) is 4.99 Å². The average molecular weight is 490 g/mol. The van der Waals surface area contributed by atoms with Crippen LogP contribution in [0.5, 0.6) is 5.75 Å².